The number of ether oxygens (including phenoxy) is 1. The van der Waals surface area contributed by atoms with Gasteiger partial charge in [0.15, 0.2) is 0 Å². The number of rotatable bonds is 7. The van der Waals surface area contributed by atoms with Crippen LogP contribution < -0.4 is 4.74 Å². The normalized spacial score (nSPS) is 18.4. The van der Waals surface area contributed by atoms with Gasteiger partial charge in [-0.1, -0.05) is 18.2 Å². The Bertz CT molecular complexity index is 958. The van der Waals surface area contributed by atoms with Gasteiger partial charge in [-0.2, -0.15) is 0 Å². The lowest BCUT2D eigenvalue weighted by Crippen LogP contribution is -2.52. The molecule has 1 N–H and O–H groups in total. The molecule has 0 aliphatic carbocycles. The van der Waals surface area contributed by atoms with E-state index in [1.165, 1.54) is 11.1 Å². The number of benzene rings is 2. The first-order chi connectivity index (χ1) is 14.2. The molecule has 0 unspecified atom stereocenters. The number of hydrogen-bond acceptors (Lipinski definition) is 7. The molecule has 7 heteroatoms. The van der Waals surface area contributed by atoms with Gasteiger partial charge in [0.2, 0.25) is 0 Å². The Hall–Kier alpha value is -2.48. The quantitative estimate of drug-likeness (QED) is 0.658. The maximum Gasteiger partial charge on any atom is 0.135 e. The lowest BCUT2D eigenvalue weighted by molar-refractivity contribution is 0.0500. The zero-order valence-electron chi connectivity index (χ0n) is 17.0. The lowest BCUT2D eigenvalue weighted by Gasteiger charge is -2.41. The van der Waals surface area contributed by atoms with Gasteiger partial charge in [0, 0.05) is 45.4 Å². The van der Waals surface area contributed by atoms with E-state index < -0.39 is 0 Å². The number of hydrogen-bond donors (Lipinski definition) is 1. The molecule has 1 fully saturated rings. The topological polar surface area (TPSA) is 74.9 Å². The molecule has 1 aliphatic rings. The van der Waals surface area contributed by atoms with Gasteiger partial charge in [0.05, 0.1) is 7.11 Å². The van der Waals surface area contributed by atoms with Crippen molar-refractivity contribution in [2.45, 2.75) is 32.5 Å². The van der Waals surface area contributed by atoms with Crippen LogP contribution in [0.25, 0.3) is 11.0 Å². The maximum absolute atomic E-state index is 9.60. The Morgan fingerprint density at radius 2 is 1.86 bits per heavy atom. The van der Waals surface area contributed by atoms with Crippen LogP contribution in [-0.2, 0) is 13.1 Å². The largest absolute Gasteiger partial charge is 0.496 e. The van der Waals surface area contributed by atoms with Gasteiger partial charge in [0.25, 0.3) is 0 Å². The van der Waals surface area contributed by atoms with E-state index in [0.29, 0.717) is 6.04 Å². The molecule has 0 bridgehead atoms. The van der Waals surface area contributed by atoms with Crippen LogP contribution in [0.2, 0.25) is 0 Å². The second kappa shape index (κ2) is 8.90. The fourth-order valence-electron chi connectivity index (χ4n) is 4.19. The average Bonchev–Trinajstić information content (AvgIpc) is 3.18. The third-order valence-electron chi connectivity index (χ3n) is 5.72. The average molecular weight is 396 g/mol. The second-order valence-corrected chi connectivity index (χ2v) is 7.76. The third-order valence-corrected chi connectivity index (χ3v) is 5.72. The standard InChI is InChI=1S/C22H28N4O3/c1-16-11-17(4-6-22(16)28-2)14-26-9-8-25(15-19(26)7-10-27)13-18-3-5-20-21(12-18)24-29-23-20/h3-6,11-12,19,27H,7-10,13-15H2,1-2H3/t19-/m0/s1. The first-order valence-electron chi connectivity index (χ1n) is 10.1. The number of piperazine rings is 1. The molecule has 154 valence electrons. The summed E-state index contributed by atoms with van der Waals surface area (Å²) in [6, 6.07) is 12.8. The molecule has 1 atom stereocenters. The predicted octanol–water partition coefficient (Wildman–Crippen LogP) is 2.61. The molecule has 4 rings (SSSR count). The van der Waals surface area contributed by atoms with Gasteiger partial charge < -0.3 is 9.84 Å². The Kier molecular flexibility index (Phi) is 6.08. The summed E-state index contributed by atoms with van der Waals surface area (Å²) in [5.41, 5.74) is 5.22. The van der Waals surface area contributed by atoms with Crippen LogP contribution in [0.1, 0.15) is 23.1 Å². The Labute approximate surface area is 170 Å². The summed E-state index contributed by atoms with van der Waals surface area (Å²) >= 11 is 0. The van der Waals surface area contributed by atoms with Crippen LogP contribution in [0, 0.1) is 6.92 Å². The van der Waals surface area contributed by atoms with E-state index in [4.69, 9.17) is 9.37 Å². The zero-order valence-corrected chi connectivity index (χ0v) is 17.0. The number of nitrogens with zero attached hydrogens (tertiary/aromatic N) is 4. The summed E-state index contributed by atoms with van der Waals surface area (Å²) in [7, 11) is 1.70. The molecule has 3 aromatic rings. The molecular weight excluding hydrogens is 368 g/mol. The van der Waals surface area contributed by atoms with E-state index in [-0.39, 0.29) is 6.61 Å². The number of fused-ring (bicyclic) bond motifs is 1. The molecule has 0 spiro atoms. The first-order valence-corrected chi connectivity index (χ1v) is 10.1. The minimum absolute atomic E-state index is 0.202. The third kappa shape index (κ3) is 4.58. The highest BCUT2D eigenvalue weighted by Gasteiger charge is 2.27. The van der Waals surface area contributed by atoms with Crippen LogP contribution >= 0.6 is 0 Å². The Balaban J connectivity index is 1.41. The smallest absolute Gasteiger partial charge is 0.135 e. The molecular formula is C22H28N4O3. The number of aromatic nitrogens is 2. The maximum atomic E-state index is 9.60. The zero-order chi connectivity index (χ0) is 20.2. The predicted molar refractivity (Wildman–Crippen MR) is 111 cm³/mol. The molecule has 2 heterocycles. The molecule has 2 aromatic carbocycles. The fraction of sp³-hybridized carbons (Fsp3) is 0.455. The van der Waals surface area contributed by atoms with Gasteiger partial charge >= 0.3 is 0 Å². The minimum atomic E-state index is 0.202. The molecule has 1 aliphatic heterocycles. The Morgan fingerprint density at radius 1 is 1.07 bits per heavy atom. The van der Waals surface area contributed by atoms with Crippen molar-refractivity contribution in [1.82, 2.24) is 20.1 Å². The van der Waals surface area contributed by atoms with Crippen molar-refractivity contribution >= 4 is 11.0 Å². The van der Waals surface area contributed by atoms with E-state index >= 15 is 0 Å². The molecule has 0 saturated carbocycles. The summed E-state index contributed by atoms with van der Waals surface area (Å²) in [5, 5.41) is 17.4. The molecule has 0 radical (unpaired) electrons. The highest BCUT2D eigenvalue weighted by atomic mass is 16.6. The van der Waals surface area contributed by atoms with Gasteiger partial charge in [-0.05, 0) is 58.5 Å². The van der Waals surface area contributed by atoms with Crippen LogP contribution in [0.3, 0.4) is 0 Å². The van der Waals surface area contributed by atoms with Crippen molar-refractivity contribution in [1.29, 1.82) is 0 Å². The van der Waals surface area contributed by atoms with E-state index in [2.05, 4.69) is 45.2 Å². The van der Waals surface area contributed by atoms with Crippen molar-refractivity contribution < 1.29 is 14.5 Å². The van der Waals surface area contributed by atoms with Crippen LogP contribution in [-0.4, -0.2) is 64.6 Å². The second-order valence-electron chi connectivity index (χ2n) is 7.76. The van der Waals surface area contributed by atoms with Gasteiger partial charge in [-0.15, -0.1) is 0 Å². The molecule has 29 heavy (non-hydrogen) atoms. The van der Waals surface area contributed by atoms with Gasteiger partial charge in [-0.3, -0.25) is 9.80 Å². The van der Waals surface area contributed by atoms with Gasteiger partial charge in [0.1, 0.15) is 16.8 Å². The summed E-state index contributed by atoms with van der Waals surface area (Å²) < 4.78 is 10.2. The fourth-order valence-corrected chi connectivity index (χ4v) is 4.19. The number of aliphatic hydroxyl groups excluding tert-OH is 1. The summed E-state index contributed by atoms with van der Waals surface area (Å²) in [6.07, 6.45) is 0.776. The van der Waals surface area contributed by atoms with Crippen molar-refractivity contribution in [2.24, 2.45) is 0 Å². The van der Waals surface area contributed by atoms with E-state index in [0.717, 1.165) is 61.5 Å². The van der Waals surface area contributed by atoms with Crippen molar-refractivity contribution in [3.05, 3.63) is 53.1 Å². The van der Waals surface area contributed by atoms with Crippen molar-refractivity contribution in [3.63, 3.8) is 0 Å². The highest BCUT2D eigenvalue weighted by Crippen LogP contribution is 2.23. The molecule has 1 saturated heterocycles. The van der Waals surface area contributed by atoms with Crippen LogP contribution in [0.5, 0.6) is 5.75 Å². The van der Waals surface area contributed by atoms with E-state index in [1.54, 1.807) is 7.11 Å². The van der Waals surface area contributed by atoms with Gasteiger partial charge in [-0.25, -0.2) is 4.63 Å². The SMILES string of the molecule is COc1ccc(CN2CCN(Cc3ccc4nonc4c3)C[C@@H]2CCO)cc1C. The number of aliphatic hydroxyl groups is 1. The van der Waals surface area contributed by atoms with Crippen LogP contribution in [0.15, 0.2) is 41.0 Å². The number of methoxy groups -OCH3 is 1. The summed E-state index contributed by atoms with van der Waals surface area (Å²) in [4.78, 5) is 4.93. The summed E-state index contributed by atoms with van der Waals surface area (Å²) in [5.74, 6) is 0.921. The molecule has 7 nitrogen and oxygen atoms in total. The first kappa shape index (κ1) is 19.8. The summed E-state index contributed by atoms with van der Waals surface area (Å²) in [6.45, 7) is 6.93. The number of aryl methyl sites for hydroxylation is 1. The monoisotopic (exact) mass is 396 g/mol. The lowest BCUT2D eigenvalue weighted by atomic mass is 10.0. The van der Waals surface area contributed by atoms with Crippen molar-refractivity contribution in [3.8, 4) is 5.75 Å². The highest BCUT2D eigenvalue weighted by molar-refractivity contribution is 5.73. The van der Waals surface area contributed by atoms with Crippen LogP contribution in [0.4, 0.5) is 0 Å². The minimum Gasteiger partial charge on any atom is -0.496 e. The molecule has 0 amide bonds. The van der Waals surface area contributed by atoms with Crippen molar-refractivity contribution in [2.75, 3.05) is 33.4 Å². The van der Waals surface area contributed by atoms with E-state index in [9.17, 15) is 5.11 Å². The van der Waals surface area contributed by atoms with E-state index in [1.807, 2.05) is 18.2 Å². The Morgan fingerprint density at radius 3 is 2.66 bits per heavy atom. The molecule has 1 aromatic heterocycles.